The van der Waals surface area contributed by atoms with Gasteiger partial charge in [0.2, 0.25) is 0 Å². The highest BCUT2D eigenvalue weighted by Gasteiger charge is 2.11. The molecule has 0 aliphatic rings. The molecule has 0 fully saturated rings. The molecule has 1 aromatic rings. The number of unbranched alkanes of at least 4 members (excludes halogenated alkanes) is 1. The van der Waals surface area contributed by atoms with Gasteiger partial charge >= 0.3 is 5.97 Å². The third-order valence-corrected chi connectivity index (χ3v) is 2.64. The number of nitro benzene ring substituents is 1. The molecule has 104 valence electrons. The van der Waals surface area contributed by atoms with Crippen LogP contribution in [0.5, 0.6) is 5.75 Å². The lowest BCUT2D eigenvalue weighted by molar-refractivity contribution is -0.385. The number of rotatable bonds is 7. The zero-order valence-electron chi connectivity index (χ0n) is 10.4. The number of esters is 1. The SMILES string of the molecule is CCCCOC(=O)COc1cc(Br)cc([N+](=O)[O-])c1. The second-order valence-electron chi connectivity index (χ2n) is 3.76. The molecule has 0 heterocycles. The summed E-state index contributed by atoms with van der Waals surface area (Å²) in [5.41, 5.74) is -0.108. The summed E-state index contributed by atoms with van der Waals surface area (Å²) in [6.45, 7) is 2.08. The number of hydrogen-bond acceptors (Lipinski definition) is 5. The fourth-order valence-electron chi connectivity index (χ4n) is 1.25. The Morgan fingerprint density at radius 2 is 2.16 bits per heavy atom. The quantitative estimate of drug-likeness (QED) is 0.332. The molecule has 19 heavy (non-hydrogen) atoms. The highest BCUT2D eigenvalue weighted by molar-refractivity contribution is 9.10. The lowest BCUT2D eigenvalue weighted by atomic mass is 10.3. The van der Waals surface area contributed by atoms with Crippen LogP contribution in [0.4, 0.5) is 5.69 Å². The molecule has 0 amide bonds. The molecular formula is C12H14BrNO5. The Morgan fingerprint density at radius 1 is 1.42 bits per heavy atom. The van der Waals surface area contributed by atoms with Crippen LogP contribution in [0.25, 0.3) is 0 Å². The largest absolute Gasteiger partial charge is 0.482 e. The number of nitrogens with zero attached hydrogens (tertiary/aromatic N) is 1. The molecule has 0 bridgehead atoms. The second kappa shape index (κ2) is 7.73. The molecule has 0 spiro atoms. The van der Waals surface area contributed by atoms with Gasteiger partial charge in [-0.3, -0.25) is 10.1 Å². The molecule has 0 saturated carbocycles. The van der Waals surface area contributed by atoms with Gasteiger partial charge in [0.1, 0.15) is 5.75 Å². The van der Waals surface area contributed by atoms with E-state index in [4.69, 9.17) is 9.47 Å². The van der Waals surface area contributed by atoms with E-state index in [0.29, 0.717) is 11.1 Å². The van der Waals surface area contributed by atoms with Crippen LogP contribution >= 0.6 is 15.9 Å². The molecule has 0 aliphatic carbocycles. The normalized spacial score (nSPS) is 10.0. The number of ether oxygens (including phenoxy) is 2. The smallest absolute Gasteiger partial charge is 0.344 e. The maximum Gasteiger partial charge on any atom is 0.344 e. The Morgan fingerprint density at radius 3 is 2.79 bits per heavy atom. The van der Waals surface area contributed by atoms with E-state index >= 15 is 0 Å². The first-order valence-corrected chi connectivity index (χ1v) is 6.55. The summed E-state index contributed by atoms with van der Waals surface area (Å²) in [6, 6.07) is 4.16. The Hall–Kier alpha value is -1.63. The summed E-state index contributed by atoms with van der Waals surface area (Å²) in [6.07, 6.45) is 1.74. The molecule has 1 aromatic carbocycles. The molecule has 0 unspecified atom stereocenters. The summed E-state index contributed by atoms with van der Waals surface area (Å²) < 4.78 is 10.6. The van der Waals surface area contributed by atoms with E-state index < -0.39 is 10.9 Å². The van der Waals surface area contributed by atoms with Gasteiger partial charge in [0.25, 0.3) is 5.69 Å². The molecule has 0 saturated heterocycles. The first-order chi connectivity index (χ1) is 9.02. The molecule has 6 nitrogen and oxygen atoms in total. The van der Waals surface area contributed by atoms with E-state index in [0.717, 1.165) is 12.8 Å². The van der Waals surface area contributed by atoms with Crippen LogP contribution in [0.3, 0.4) is 0 Å². The zero-order valence-corrected chi connectivity index (χ0v) is 12.0. The summed E-state index contributed by atoms with van der Waals surface area (Å²) >= 11 is 3.14. The topological polar surface area (TPSA) is 78.7 Å². The summed E-state index contributed by atoms with van der Waals surface area (Å²) in [7, 11) is 0. The van der Waals surface area contributed by atoms with Gasteiger partial charge in [-0.05, 0) is 12.5 Å². The van der Waals surface area contributed by atoms with E-state index in [1.165, 1.54) is 12.1 Å². The van der Waals surface area contributed by atoms with Crippen molar-refractivity contribution in [1.29, 1.82) is 0 Å². The zero-order chi connectivity index (χ0) is 14.3. The maximum absolute atomic E-state index is 11.3. The predicted octanol–water partition coefficient (Wildman–Crippen LogP) is 3.08. The van der Waals surface area contributed by atoms with Crippen molar-refractivity contribution >= 4 is 27.6 Å². The molecular weight excluding hydrogens is 318 g/mol. The van der Waals surface area contributed by atoms with Crippen molar-refractivity contribution in [3.05, 3.63) is 32.8 Å². The second-order valence-corrected chi connectivity index (χ2v) is 4.68. The van der Waals surface area contributed by atoms with E-state index in [9.17, 15) is 14.9 Å². The molecule has 0 N–H and O–H groups in total. The van der Waals surface area contributed by atoms with Crippen molar-refractivity contribution in [3.63, 3.8) is 0 Å². The predicted molar refractivity (Wildman–Crippen MR) is 72.2 cm³/mol. The number of carbonyl (C=O) groups excluding carboxylic acids is 1. The summed E-state index contributed by atoms with van der Waals surface area (Å²) in [5, 5.41) is 10.7. The van der Waals surface area contributed by atoms with E-state index in [2.05, 4.69) is 15.9 Å². The summed E-state index contributed by atoms with van der Waals surface area (Å²) in [4.78, 5) is 21.4. The monoisotopic (exact) mass is 331 g/mol. The third-order valence-electron chi connectivity index (χ3n) is 2.18. The average molecular weight is 332 g/mol. The van der Waals surface area contributed by atoms with Gasteiger partial charge in [-0.1, -0.05) is 29.3 Å². The van der Waals surface area contributed by atoms with Crippen molar-refractivity contribution in [3.8, 4) is 5.75 Å². The lowest BCUT2D eigenvalue weighted by Crippen LogP contribution is -2.15. The van der Waals surface area contributed by atoms with Crippen molar-refractivity contribution in [2.24, 2.45) is 0 Å². The van der Waals surface area contributed by atoms with Crippen molar-refractivity contribution in [1.82, 2.24) is 0 Å². The molecule has 7 heteroatoms. The maximum atomic E-state index is 11.3. The minimum atomic E-state index is -0.531. The van der Waals surface area contributed by atoms with Crippen molar-refractivity contribution < 1.29 is 19.2 Å². The number of halogens is 1. The molecule has 1 rings (SSSR count). The number of hydrogen-bond donors (Lipinski definition) is 0. The highest BCUT2D eigenvalue weighted by Crippen LogP contribution is 2.26. The number of nitro groups is 1. The number of benzene rings is 1. The van der Waals surface area contributed by atoms with Crippen LogP contribution in [0.2, 0.25) is 0 Å². The van der Waals surface area contributed by atoms with E-state index in [-0.39, 0.29) is 18.0 Å². The van der Waals surface area contributed by atoms with E-state index in [1.54, 1.807) is 6.07 Å². The summed E-state index contributed by atoms with van der Waals surface area (Å²) in [5.74, 6) is -0.246. The van der Waals surface area contributed by atoms with Crippen molar-refractivity contribution in [2.75, 3.05) is 13.2 Å². The van der Waals surface area contributed by atoms with Gasteiger partial charge in [-0.25, -0.2) is 4.79 Å². The van der Waals surface area contributed by atoms with Crippen molar-refractivity contribution in [2.45, 2.75) is 19.8 Å². The van der Waals surface area contributed by atoms with Crippen LogP contribution in [0.1, 0.15) is 19.8 Å². The van der Waals surface area contributed by atoms with Gasteiger partial charge < -0.3 is 9.47 Å². The minimum Gasteiger partial charge on any atom is -0.482 e. The highest BCUT2D eigenvalue weighted by atomic mass is 79.9. The van der Waals surface area contributed by atoms with Gasteiger partial charge in [-0.15, -0.1) is 0 Å². The molecule has 0 aliphatic heterocycles. The first-order valence-electron chi connectivity index (χ1n) is 5.76. The fourth-order valence-corrected chi connectivity index (χ4v) is 1.71. The standard InChI is InChI=1S/C12H14BrNO5/c1-2-3-4-18-12(15)8-19-11-6-9(13)5-10(7-11)14(16)17/h5-7H,2-4,8H2,1H3. The minimum absolute atomic E-state index is 0.108. The molecule has 0 atom stereocenters. The Balaban J connectivity index is 2.53. The molecule has 0 aromatic heterocycles. The van der Waals surface area contributed by atoms with Crippen LogP contribution in [0.15, 0.2) is 22.7 Å². The lowest BCUT2D eigenvalue weighted by Gasteiger charge is -2.07. The Bertz CT molecular complexity index is 463. The van der Waals surface area contributed by atoms with Gasteiger partial charge in [0, 0.05) is 10.5 Å². The van der Waals surface area contributed by atoms with E-state index in [1.807, 2.05) is 6.92 Å². The van der Waals surface area contributed by atoms with Gasteiger partial charge in [-0.2, -0.15) is 0 Å². The van der Waals surface area contributed by atoms with Crippen LogP contribution in [-0.2, 0) is 9.53 Å². The van der Waals surface area contributed by atoms with Crippen LogP contribution in [-0.4, -0.2) is 24.1 Å². The molecule has 0 radical (unpaired) electrons. The number of carbonyl (C=O) groups is 1. The van der Waals surface area contributed by atoms with Gasteiger partial charge in [0.05, 0.1) is 17.6 Å². The fraction of sp³-hybridized carbons (Fsp3) is 0.417. The third kappa shape index (κ3) is 5.69. The van der Waals surface area contributed by atoms with Crippen LogP contribution in [0, 0.1) is 10.1 Å². The Labute approximate surface area is 119 Å². The average Bonchev–Trinajstić information content (AvgIpc) is 2.36. The number of non-ortho nitro benzene ring substituents is 1. The van der Waals surface area contributed by atoms with Gasteiger partial charge in [0.15, 0.2) is 6.61 Å². The first kappa shape index (κ1) is 15.4. The van der Waals surface area contributed by atoms with Crippen LogP contribution < -0.4 is 4.74 Å². The Kier molecular flexibility index (Phi) is 6.27.